The summed E-state index contributed by atoms with van der Waals surface area (Å²) < 4.78 is 0.725. The average Bonchev–Trinajstić information content (AvgIpc) is 2.86. The minimum absolute atomic E-state index is 0.0637. The van der Waals surface area contributed by atoms with E-state index >= 15 is 0 Å². The lowest BCUT2D eigenvalue weighted by Crippen LogP contribution is -2.38. The van der Waals surface area contributed by atoms with E-state index in [1.54, 1.807) is 18.1 Å². The van der Waals surface area contributed by atoms with E-state index in [0.29, 0.717) is 6.54 Å². The second-order valence-corrected chi connectivity index (χ2v) is 6.24. The first kappa shape index (κ1) is 14.8. The van der Waals surface area contributed by atoms with E-state index in [4.69, 9.17) is 11.6 Å². The van der Waals surface area contributed by atoms with Gasteiger partial charge in [0, 0.05) is 18.1 Å². The van der Waals surface area contributed by atoms with Gasteiger partial charge in [-0.05, 0) is 31.2 Å². The van der Waals surface area contributed by atoms with E-state index in [2.05, 4.69) is 10.3 Å². The number of thiophene rings is 1. The number of urea groups is 1. The van der Waals surface area contributed by atoms with Crippen molar-refractivity contribution in [2.75, 3.05) is 7.05 Å². The van der Waals surface area contributed by atoms with Gasteiger partial charge in [-0.25, -0.2) is 4.79 Å². The Hall–Kier alpha value is -1.59. The summed E-state index contributed by atoms with van der Waals surface area (Å²) in [6.45, 7) is 2.42. The Labute approximate surface area is 127 Å². The van der Waals surface area contributed by atoms with Gasteiger partial charge < -0.3 is 10.2 Å². The first-order chi connectivity index (χ1) is 9.56. The summed E-state index contributed by atoms with van der Waals surface area (Å²) >= 11 is 7.37. The summed E-state index contributed by atoms with van der Waals surface area (Å²) in [5, 5.41) is 2.94. The van der Waals surface area contributed by atoms with Crippen LogP contribution in [-0.4, -0.2) is 23.0 Å². The Morgan fingerprint density at radius 2 is 2.25 bits per heavy atom. The predicted octanol–water partition coefficient (Wildman–Crippen LogP) is 3.70. The summed E-state index contributed by atoms with van der Waals surface area (Å²) in [5.74, 6) is 0. The van der Waals surface area contributed by atoms with Crippen LogP contribution < -0.4 is 5.32 Å². The Balaban J connectivity index is 1.91. The van der Waals surface area contributed by atoms with Crippen molar-refractivity contribution in [3.8, 4) is 0 Å². The van der Waals surface area contributed by atoms with Crippen LogP contribution in [0.2, 0.25) is 4.34 Å². The van der Waals surface area contributed by atoms with E-state index in [1.807, 2.05) is 37.3 Å². The minimum Gasteiger partial charge on any atom is -0.331 e. The number of halogens is 1. The molecule has 2 amide bonds. The number of nitrogens with one attached hydrogen (secondary N) is 1. The fourth-order valence-electron chi connectivity index (χ4n) is 1.73. The van der Waals surface area contributed by atoms with Crippen LogP contribution in [0.4, 0.5) is 4.79 Å². The van der Waals surface area contributed by atoms with Crippen molar-refractivity contribution in [3.63, 3.8) is 0 Å². The van der Waals surface area contributed by atoms with Crippen LogP contribution in [0.25, 0.3) is 0 Å². The van der Waals surface area contributed by atoms with E-state index < -0.39 is 0 Å². The maximum absolute atomic E-state index is 12.1. The van der Waals surface area contributed by atoms with Crippen LogP contribution in [0.3, 0.4) is 0 Å². The number of pyridine rings is 1. The SMILES string of the molecule is CC(NC(=O)N(C)Cc1ccccn1)c1ccc(Cl)s1. The number of carbonyl (C=O) groups is 1. The van der Waals surface area contributed by atoms with Gasteiger partial charge in [0.15, 0.2) is 0 Å². The molecule has 1 unspecified atom stereocenters. The number of hydrogen-bond acceptors (Lipinski definition) is 3. The third-order valence-corrected chi connectivity index (χ3v) is 4.25. The molecule has 0 spiro atoms. The maximum atomic E-state index is 12.1. The number of carbonyl (C=O) groups excluding carboxylic acids is 1. The number of amides is 2. The third-order valence-electron chi connectivity index (χ3n) is 2.83. The van der Waals surface area contributed by atoms with Gasteiger partial charge >= 0.3 is 6.03 Å². The molecular formula is C14H16ClN3OS. The predicted molar refractivity (Wildman–Crippen MR) is 82.0 cm³/mol. The zero-order valence-corrected chi connectivity index (χ0v) is 12.9. The molecule has 6 heteroatoms. The standard InChI is InChI=1S/C14H16ClN3OS/c1-10(12-6-7-13(15)20-12)17-14(19)18(2)9-11-5-3-4-8-16-11/h3-8,10H,9H2,1-2H3,(H,17,19). The van der Waals surface area contributed by atoms with Crippen LogP contribution in [0, 0.1) is 0 Å². The van der Waals surface area contributed by atoms with E-state index in [-0.39, 0.29) is 12.1 Å². The quantitative estimate of drug-likeness (QED) is 0.936. The second kappa shape index (κ2) is 6.72. The molecular weight excluding hydrogens is 294 g/mol. The zero-order chi connectivity index (χ0) is 14.5. The molecule has 2 aromatic rings. The molecule has 4 nitrogen and oxygen atoms in total. The topological polar surface area (TPSA) is 45.2 Å². The monoisotopic (exact) mass is 309 g/mol. The molecule has 2 rings (SSSR count). The molecule has 0 bridgehead atoms. The molecule has 0 aliphatic carbocycles. The van der Waals surface area contributed by atoms with Gasteiger partial charge in [-0.1, -0.05) is 17.7 Å². The first-order valence-electron chi connectivity index (χ1n) is 6.23. The number of aromatic nitrogens is 1. The van der Waals surface area contributed by atoms with Crippen LogP contribution in [0.1, 0.15) is 23.5 Å². The van der Waals surface area contributed by atoms with E-state index in [0.717, 1.165) is 14.9 Å². The molecule has 2 heterocycles. The van der Waals surface area contributed by atoms with Crippen molar-refractivity contribution in [3.05, 3.63) is 51.4 Å². The first-order valence-corrected chi connectivity index (χ1v) is 7.42. The highest BCUT2D eigenvalue weighted by Crippen LogP contribution is 2.26. The van der Waals surface area contributed by atoms with Crippen molar-refractivity contribution in [1.29, 1.82) is 0 Å². The normalized spacial score (nSPS) is 11.9. The van der Waals surface area contributed by atoms with Crippen LogP contribution >= 0.6 is 22.9 Å². The second-order valence-electron chi connectivity index (χ2n) is 4.49. The molecule has 0 aromatic carbocycles. The molecule has 0 radical (unpaired) electrons. The Morgan fingerprint density at radius 1 is 1.45 bits per heavy atom. The summed E-state index contributed by atoms with van der Waals surface area (Å²) in [6, 6.07) is 9.22. The molecule has 106 valence electrons. The Bertz CT molecular complexity index is 573. The molecule has 1 N–H and O–H groups in total. The highest BCUT2D eigenvalue weighted by Gasteiger charge is 2.15. The molecule has 2 aromatic heterocycles. The molecule has 0 aliphatic rings. The molecule has 1 atom stereocenters. The van der Waals surface area contributed by atoms with Crippen LogP contribution in [0.5, 0.6) is 0 Å². The fourth-order valence-corrected chi connectivity index (χ4v) is 2.80. The summed E-state index contributed by atoms with van der Waals surface area (Å²) in [4.78, 5) is 18.9. The average molecular weight is 310 g/mol. The Kier molecular flexibility index (Phi) is 4.98. The van der Waals surface area contributed by atoms with E-state index in [9.17, 15) is 4.79 Å². The maximum Gasteiger partial charge on any atom is 0.317 e. The Morgan fingerprint density at radius 3 is 2.85 bits per heavy atom. The smallest absolute Gasteiger partial charge is 0.317 e. The zero-order valence-electron chi connectivity index (χ0n) is 11.3. The third kappa shape index (κ3) is 3.95. The molecule has 0 saturated heterocycles. The van der Waals surface area contributed by atoms with E-state index in [1.165, 1.54) is 11.3 Å². The lowest BCUT2D eigenvalue weighted by molar-refractivity contribution is 0.203. The lowest BCUT2D eigenvalue weighted by atomic mass is 10.3. The van der Waals surface area contributed by atoms with Crippen LogP contribution in [-0.2, 0) is 6.54 Å². The van der Waals surface area contributed by atoms with Gasteiger partial charge in [0.25, 0.3) is 0 Å². The largest absolute Gasteiger partial charge is 0.331 e. The van der Waals surface area contributed by atoms with Crippen molar-refractivity contribution < 1.29 is 4.79 Å². The van der Waals surface area contributed by atoms with Gasteiger partial charge in [-0.2, -0.15) is 0 Å². The van der Waals surface area contributed by atoms with Gasteiger partial charge in [0.1, 0.15) is 0 Å². The molecule has 0 fully saturated rings. The van der Waals surface area contributed by atoms with Crippen molar-refractivity contribution in [2.24, 2.45) is 0 Å². The fraction of sp³-hybridized carbons (Fsp3) is 0.286. The van der Waals surface area contributed by atoms with Crippen molar-refractivity contribution in [2.45, 2.75) is 19.5 Å². The molecule has 20 heavy (non-hydrogen) atoms. The summed E-state index contributed by atoms with van der Waals surface area (Å²) in [7, 11) is 1.75. The number of hydrogen-bond donors (Lipinski definition) is 1. The molecule has 0 aliphatic heterocycles. The minimum atomic E-state index is -0.132. The lowest BCUT2D eigenvalue weighted by Gasteiger charge is -2.20. The van der Waals surface area contributed by atoms with Gasteiger partial charge in [-0.15, -0.1) is 11.3 Å². The van der Waals surface area contributed by atoms with Crippen LogP contribution in [0.15, 0.2) is 36.5 Å². The highest BCUT2D eigenvalue weighted by molar-refractivity contribution is 7.16. The van der Waals surface area contributed by atoms with Gasteiger partial charge in [0.2, 0.25) is 0 Å². The van der Waals surface area contributed by atoms with Gasteiger partial charge in [0.05, 0.1) is 22.6 Å². The summed E-state index contributed by atoms with van der Waals surface area (Å²) in [5.41, 5.74) is 0.858. The summed E-state index contributed by atoms with van der Waals surface area (Å²) in [6.07, 6.45) is 1.72. The number of nitrogens with zero attached hydrogens (tertiary/aromatic N) is 2. The van der Waals surface area contributed by atoms with Crippen molar-refractivity contribution in [1.82, 2.24) is 15.2 Å². The highest BCUT2D eigenvalue weighted by atomic mass is 35.5. The van der Waals surface area contributed by atoms with Gasteiger partial charge in [-0.3, -0.25) is 4.98 Å². The molecule has 0 saturated carbocycles. The number of rotatable bonds is 4. The van der Waals surface area contributed by atoms with Crippen molar-refractivity contribution >= 4 is 29.0 Å².